The second-order valence-electron chi connectivity index (χ2n) is 6.27. The molecule has 0 aromatic heterocycles. The summed E-state index contributed by atoms with van der Waals surface area (Å²) in [6.45, 7) is 3.76. The average Bonchev–Trinajstić information content (AvgIpc) is 3.10. The van der Waals surface area contributed by atoms with E-state index >= 15 is 0 Å². The third-order valence-corrected chi connectivity index (χ3v) is 4.96. The Morgan fingerprint density at radius 1 is 1.43 bits per heavy atom. The molecule has 0 aliphatic heterocycles. The van der Waals surface area contributed by atoms with E-state index < -0.39 is 0 Å². The summed E-state index contributed by atoms with van der Waals surface area (Å²) in [5, 5.41) is 3.23. The molecule has 2 fully saturated rings. The molecule has 1 amide bonds. The number of ether oxygens (including phenoxy) is 1. The van der Waals surface area contributed by atoms with E-state index in [9.17, 15) is 4.79 Å². The molecular formula is C18H23NO2. The van der Waals surface area contributed by atoms with Gasteiger partial charge in [0.25, 0.3) is 5.91 Å². The van der Waals surface area contributed by atoms with Gasteiger partial charge in [0, 0.05) is 11.6 Å². The lowest BCUT2D eigenvalue weighted by Gasteiger charge is -2.23. The molecule has 0 heterocycles. The van der Waals surface area contributed by atoms with Crippen molar-refractivity contribution >= 4 is 5.91 Å². The quantitative estimate of drug-likeness (QED) is 0.843. The lowest BCUT2D eigenvalue weighted by molar-refractivity contribution is 0.0923. The first-order chi connectivity index (χ1) is 10.2. The van der Waals surface area contributed by atoms with Crippen LogP contribution in [-0.2, 0) is 6.42 Å². The highest BCUT2D eigenvalue weighted by Gasteiger charge is 2.40. The van der Waals surface area contributed by atoms with Crippen molar-refractivity contribution in [3.63, 3.8) is 0 Å². The van der Waals surface area contributed by atoms with Gasteiger partial charge in [-0.1, -0.05) is 12.5 Å². The molecule has 3 heteroatoms. The van der Waals surface area contributed by atoms with Gasteiger partial charge in [0.05, 0.1) is 7.11 Å². The summed E-state index contributed by atoms with van der Waals surface area (Å²) >= 11 is 0. The van der Waals surface area contributed by atoms with Crippen LogP contribution in [-0.4, -0.2) is 19.1 Å². The Morgan fingerprint density at radius 2 is 2.29 bits per heavy atom. The van der Waals surface area contributed by atoms with Crippen LogP contribution in [0.2, 0.25) is 0 Å². The van der Waals surface area contributed by atoms with Crippen molar-refractivity contribution in [2.75, 3.05) is 7.11 Å². The van der Waals surface area contributed by atoms with Crippen LogP contribution in [0.25, 0.3) is 0 Å². The first-order valence-electron chi connectivity index (χ1n) is 7.80. The van der Waals surface area contributed by atoms with Crippen molar-refractivity contribution in [2.24, 2.45) is 11.8 Å². The predicted octanol–water partition coefficient (Wildman–Crippen LogP) is 3.34. The van der Waals surface area contributed by atoms with Crippen LogP contribution in [0.4, 0.5) is 0 Å². The van der Waals surface area contributed by atoms with E-state index in [0.29, 0.717) is 18.4 Å². The maximum Gasteiger partial charge on any atom is 0.251 e. The molecule has 2 aliphatic rings. The zero-order chi connectivity index (χ0) is 14.8. The smallest absolute Gasteiger partial charge is 0.251 e. The molecule has 1 aromatic rings. The van der Waals surface area contributed by atoms with E-state index in [2.05, 4.69) is 11.9 Å². The number of fused-ring (bicyclic) bond motifs is 2. The van der Waals surface area contributed by atoms with Gasteiger partial charge in [-0.05, 0) is 61.3 Å². The van der Waals surface area contributed by atoms with E-state index in [1.54, 1.807) is 7.11 Å². The summed E-state index contributed by atoms with van der Waals surface area (Å²) in [4.78, 5) is 12.5. The fraction of sp³-hybridized carbons (Fsp3) is 0.500. The maximum atomic E-state index is 12.5. The van der Waals surface area contributed by atoms with Gasteiger partial charge in [-0.25, -0.2) is 0 Å². The summed E-state index contributed by atoms with van der Waals surface area (Å²) in [6.07, 6.45) is 7.62. The van der Waals surface area contributed by atoms with Gasteiger partial charge in [0.15, 0.2) is 0 Å². The number of methoxy groups -OCH3 is 1. The molecule has 2 aliphatic carbocycles. The Morgan fingerprint density at radius 3 is 2.90 bits per heavy atom. The van der Waals surface area contributed by atoms with Crippen LogP contribution in [0.15, 0.2) is 30.9 Å². The number of hydrogen-bond acceptors (Lipinski definition) is 2. The van der Waals surface area contributed by atoms with Crippen molar-refractivity contribution in [1.82, 2.24) is 5.32 Å². The molecule has 1 aromatic carbocycles. The molecule has 0 saturated heterocycles. The minimum Gasteiger partial charge on any atom is -0.496 e. The highest BCUT2D eigenvalue weighted by molar-refractivity contribution is 5.94. The Hall–Kier alpha value is -1.77. The second kappa shape index (κ2) is 5.92. The molecule has 0 radical (unpaired) electrons. The zero-order valence-corrected chi connectivity index (χ0v) is 12.6. The predicted molar refractivity (Wildman–Crippen MR) is 83.6 cm³/mol. The van der Waals surface area contributed by atoms with Crippen molar-refractivity contribution in [3.8, 4) is 5.75 Å². The number of benzene rings is 1. The monoisotopic (exact) mass is 285 g/mol. The first-order valence-corrected chi connectivity index (χ1v) is 7.80. The normalized spacial score (nSPS) is 26.6. The van der Waals surface area contributed by atoms with Gasteiger partial charge in [0.2, 0.25) is 0 Å². The van der Waals surface area contributed by atoms with E-state index in [-0.39, 0.29) is 5.91 Å². The van der Waals surface area contributed by atoms with E-state index in [4.69, 9.17) is 4.74 Å². The first kappa shape index (κ1) is 14.2. The summed E-state index contributed by atoms with van der Waals surface area (Å²) < 4.78 is 5.33. The number of carbonyl (C=O) groups excluding carboxylic acids is 1. The molecular weight excluding hydrogens is 262 g/mol. The van der Waals surface area contributed by atoms with Crippen LogP contribution in [0, 0.1) is 11.8 Å². The zero-order valence-electron chi connectivity index (χ0n) is 12.6. The van der Waals surface area contributed by atoms with Crippen molar-refractivity contribution in [2.45, 2.75) is 38.1 Å². The molecule has 112 valence electrons. The van der Waals surface area contributed by atoms with E-state index in [0.717, 1.165) is 29.2 Å². The number of allylic oxidation sites excluding steroid dienone is 1. The lowest BCUT2D eigenvalue weighted by Crippen LogP contribution is -2.38. The Balaban J connectivity index is 1.72. The summed E-state index contributed by atoms with van der Waals surface area (Å²) in [5.74, 6) is 2.39. The second-order valence-corrected chi connectivity index (χ2v) is 6.27. The van der Waals surface area contributed by atoms with Crippen molar-refractivity contribution < 1.29 is 9.53 Å². The molecule has 2 bridgehead atoms. The summed E-state index contributed by atoms with van der Waals surface area (Å²) in [7, 11) is 1.65. The standard InChI is InChI=1S/C18H23NO2/c1-3-4-14-11-15(7-8-17(14)21-2)18(20)19-16-10-12-5-6-13(16)9-12/h3,7-8,11-13,16H,1,4-6,9-10H2,2H3,(H,19,20). The van der Waals surface area contributed by atoms with E-state index in [1.165, 1.54) is 19.3 Å². The molecule has 1 N–H and O–H groups in total. The van der Waals surface area contributed by atoms with Crippen LogP contribution in [0.1, 0.15) is 41.6 Å². The van der Waals surface area contributed by atoms with Crippen LogP contribution < -0.4 is 10.1 Å². The van der Waals surface area contributed by atoms with Crippen molar-refractivity contribution in [1.29, 1.82) is 0 Å². The highest BCUT2D eigenvalue weighted by atomic mass is 16.5. The molecule has 0 spiro atoms. The topological polar surface area (TPSA) is 38.3 Å². The van der Waals surface area contributed by atoms with Crippen LogP contribution >= 0.6 is 0 Å². The maximum absolute atomic E-state index is 12.5. The number of carbonyl (C=O) groups is 1. The molecule has 3 unspecified atom stereocenters. The summed E-state index contributed by atoms with van der Waals surface area (Å²) in [6, 6.07) is 6.01. The van der Waals surface area contributed by atoms with Crippen LogP contribution in [0.3, 0.4) is 0 Å². The molecule has 21 heavy (non-hydrogen) atoms. The van der Waals surface area contributed by atoms with Gasteiger partial charge in [-0.15, -0.1) is 6.58 Å². The van der Waals surface area contributed by atoms with Gasteiger partial charge in [0.1, 0.15) is 5.75 Å². The van der Waals surface area contributed by atoms with Gasteiger partial charge in [-0.2, -0.15) is 0 Å². The molecule has 3 nitrogen and oxygen atoms in total. The average molecular weight is 285 g/mol. The molecule has 3 atom stereocenters. The Bertz CT molecular complexity index is 552. The number of rotatable bonds is 5. The fourth-order valence-electron chi connectivity index (χ4n) is 3.91. The lowest BCUT2D eigenvalue weighted by atomic mass is 9.95. The minimum atomic E-state index is 0.0421. The highest BCUT2D eigenvalue weighted by Crippen LogP contribution is 2.44. The summed E-state index contributed by atoms with van der Waals surface area (Å²) in [5.41, 5.74) is 1.73. The van der Waals surface area contributed by atoms with Crippen LogP contribution in [0.5, 0.6) is 5.75 Å². The minimum absolute atomic E-state index is 0.0421. The van der Waals surface area contributed by atoms with Gasteiger partial charge >= 0.3 is 0 Å². The largest absolute Gasteiger partial charge is 0.496 e. The van der Waals surface area contributed by atoms with E-state index in [1.807, 2.05) is 24.3 Å². The fourth-order valence-corrected chi connectivity index (χ4v) is 3.91. The van der Waals surface area contributed by atoms with Gasteiger partial charge < -0.3 is 10.1 Å². The molecule has 3 rings (SSSR count). The third kappa shape index (κ3) is 2.82. The Kier molecular flexibility index (Phi) is 4.00. The SMILES string of the molecule is C=CCc1cc(C(=O)NC2CC3CCC2C3)ccc1OC. The van der Waals surface area contributed by atoms with Gasteiger partial charge in [-0.3, -0.25) is 4.79 Å². The number of hydrogen-bond donors (Lipinski definition) is 1. The van der Waals surface area contributed by atoms with Crippen molar-refractivity contribution in [3.05, 3.63) is 42.0 Å². The number of nitrogens with one attached hydrogen (secondary N) is 1. The number of amides is 1. The third-order valence-electron chi connectivity index (χ3n) is 4.96. The Labute approximate surface area is 126 Å². The molecule has 2 saturated carbocycles.